The fraction of sp³-hybridized carbons (Fsp3) is 1.00. The quantitative estimate of drug-likeness (QED) is 0.514. The van der Waals surface area contributed by atoms with Gasteiger partial charge in [0.1, 0.15) is 0 Å². The zero-order chi connectivity index (χ0) is 13.6. The number of ether oxygens (including phenoxy) is 1. The lowest BCUT2D eigenvalue weighted by Gasteiger charge is -2.20. The van der Waals surface area contributed by atoms with Gasteiger partial charge in [-0.1, -0.05) is 19.8 Å². The largest absolute Gasteiger partial charge is 0.381 e. The minimum atomic E-state index is 0.636. The normalized spacial score (nSPS) is 11.7. The second-order valence-electron chi connectivity index (χ2n) is 5.35. The van der Waals surface area contributed by atoms with Gasteiger partial charge in [0.05, 0.1) is 0 Å². The Bertz CT molecular complexity index is 163. The first-order chi connectivity index (χ1) is 8.68. The van der Waals surface area contributed by atoms with Crippen LogP contribution in [0.3, 0.4) is 0 Å². The van der Waals surface area contributed by atoms with Crippen molar-refractivity contribution < 1.29 is 4.74 Å². The lowest BCUT2D eigenvalue weighted by atomic mass is 10.2. The number of nitrogens with zero attached hydrogens (tertiary/aromatic N) is 1. The summed E-state index contributed by atoms with van der Waals surface area (Å²) in [6.07, 6.45) is 6.21. The first-order valence-electron chi connectivity index (χ1n) is 7.67. The second-order valence-corrected chi connectivity index (χ2v) is 5.35. The maximum Gasteiger partial charge on any atom is 0.0478 e. The van der Waals surface area contributed by atoms with Crippen molar-refractivity contribution in [1.29, 1.82) is 0 Å². The molecule has 0 aromatic heterocycles. The molecule has 0 fully saturated rings. The minimum Gasteiger partial charge on any atom is -0.381 e. The molecule has 0 spiro atoms. The molecular weight excluding hydrogens is 224 g/mol. The highest BCUT2D eigenvalue weighted by molar-refractivity contribution is 4.56. The molecular formula is C15H34N2O. The van der Waals surface area contributed by atoms with E-state index in [9.17, 15) is 0 Å². The molecule has 0 bridgehead atoms. The Morgan fingerprint density at radius 1 is 1.00 bits per heavy atom. The van der Waals surface area contributed by atoms with Crippen LogP contribution in [-0.2, 0) is 4.74 Å². The van der Waals surface area contributed by atoms with E-state index < -0.39 is 0 Å². The zero-order valence-electron chi connectivity index (χ0n) is 13.0. The molecule has 0 aliphatic carbocycles. The highest BCUT2D eigenvalue weighted by atomic mass is 16.5. The summed E-state index contributed by atoms with van der Waals surface area (Å²) >= 11 is 0. The fourth-order valence-electron chi connectivity index (χ4n) is 1.70. The molecule has 0 atom stereocenters. The van der Waals surface area contributed by atoms with Crippen LogP contribution in [0.1, 0.15) is 52.9 Å². The summed E-state index contributed by atoms with van der Waals surface area (Å²) < 4.78 is 5.62. The predicted molar refractivity (Wildman–Crippen MR) is 80.2 cm³/mol. The number of hydrogen-bond acceptors (Lipinski definition) is 3. The van der Waals surface area contributed by atoms with Gasteiger partial charge < -0.3 is 15.0 Å². The van der Waals surface area contributed by atoms with E-state index in [0.29, 0.717) is 6.04 Å². The molecule has 0 aromatic carbocycles. The van der Waals surface area contributed by atoms with E-state index in [4.69, 9.17) is 4.74 Å². The maximum atomic E-state index is 5.62. The minimum absolute atomic E-state index is 0.636. The van der Waals surface area contributed by atoms with Crippen LogP contribution in [0.2, 0.25) is 0 Å². The Balaban J connectivity index is 3.03. The SMILES string of the molecule is CCCCCNCCCOCCCN(C)C(C)C. The van der Waals surface area contributed by atoms with Gasteiger partial charge >= 0.3 is 0 Å². The average molecular weight is 258 g/mol. The van der Waals surface area contributed by atoms with E-state index in [-0.39, 0.29) is 0 Å². The standard InChI is InChI=1S/C15H34N2O/c1-5-6-7-10-16-11-8-13-18-14-9-12-17(4)15(2)3/h15-16H,5-14H2,1-4H3. The van der Waals surface area contributed by atoms with Crippen LogP contribution in [-0.4, -0.2) is 50.8 Å². The van der Waals surface area contributed by atoms with Crippen molar-refractivity contribution in [2.45, 2.75) is 58.9 Å². The van der Waals surface area contributed by atoms with Gasteiger partial charge in [-0.3, -0.25) is 0 Å². The molecule has 3 heteroatoms. The molecule has 0 amide bonds. The summed E-state index contributed by atoms with van der Waals surface area (Å²) in [6, 6.07) is 0.636. The Labute approximate surface area is 114 Å². The van der Waals surface area contributed by atoms with E-state index in [1.165, 1.54) is 19.3 Å². The van der Waals surface area contributed by atoms with E-state index in [1.54, 1.807) is 0 Å². The summed E-state index contributed by atoms with van der Waals surface area (Å²) in [6.45, 7) is 11.9. The van der Waals surface area contributed by atoms with Crippen molar-refractivity contribution in [3.05, 3.63) is 0 Å². The van der Waals surface area contributed by atoms with Crippen LogP contribution in [0.15, 0.2) is 0 Å². The topological polar surface area (TPSA) is 24.5 Å². The van der Waals surface area contributed by atoms with Crippen molar-refractivity contribution in [3.63, 3.8) is 0 Å². The summed E-state index contributed by atoms with van der Waals surface area (Å²) in [7, 11) is 2.17. The molecule has 0 aliphatic rings. The first kappa shape index (κ1) is 17.9. The van der Waals surface area contributed by atoms with E-state index in [0.717, 1.165) is 45.7 Å². The van der Waals surface area contributed by atoms with Gasteiger partial charge in [0.25, 0.3) is 0 Å². The summed E-state index contributed by atoms with van der Waals surface area (Å²) in [4.78, 5) is 2.36. The van der Waals surface area contributed by atoms with Gasteiger partial charge in [0, 0.05) is 25.8 Å². The highest BCUT2D eigenvalue weighted by Crippen LogP contribution is 1.96. The Hall–Kier alpha value is -0.120. The molecule has 0 aliphatic heterocycles. The van der Waals surface area contributed by atoms with Gasteiger partial charge in [-0.05, 0) is 53.2 Å². The number of unbranched alkanes of at least 4 members (excludes halogenated alkanes) is 2. The van der Waals surface area contributed by atoms with Crippen molar-refractivity contribution in [3.8, 4) is 0 Å². The molecule has 3 nitrogen and oxygen atoms in total. The lowest BCUT2D eigenvalue weighted by Crippen LogP contribution is -2.28. The molecule has 18 heavy (non-hydrogen) atoms. The number of nitrogens with one attached hydrogen (secondary N) is 1. The zero-order valence-corrected chi connectivity index (χ0v) is 13.0. The van der Waals surface area contributed by atoms with Gasteiger partial charge in [0.15, 0.2) is 0 Å². The van der Waals surface area contributed by atoms with Crippen LogP contribution in [0, 0.1) is 0 Å². The molecule has 0 aromatic rings. The molecule has 0 saturated carbocycles. The molecule has 0 heterocycles. The second kappa shape index (κ2) is 13.3. The lowest BCUT2D eigenvalue weighted by molar-refractivity contribution is 0.118. The van der Waals surface area contributed by atoms with Crippen LogP contribution in [0.4, 0.5) is 0 Å². The molecule has 0 rings (SSSR count). The van der Waals surface area contributed by atoms with E-state index in [1.807, 2.05) is 0 Å². The van der Waals surface area contributed by atoms with Gasteiger partial charge in [-0.15, -0.1) is 0 Å². The van der Waals surface area contributed by atoms with Crippen LogP contribution < -0.4 is 5.32 Å². The van der Waals surface area contributed by atoms with Gasteiger partial charge in [-0.25, -0.2) is 0 Å². The van der Waals surface area contributed by atoms with Crippen molar-refractivity contribution in [1.82, 2.24) is 10.2 Å². The molecule has 1 N–H and O–H groups in total. The maximum absolute atomic E-state index is 5.62. The summed E-state index contributed by atoms with van der Waals surface area (Å²) in [5.74, 6) is 0. The van der Waals surface area contributed by atoms with E-state index >= 15 is 0 Å². The third-order valence-electron chi connectivity index (χ3n) is 3.28. The van der Waals surface area contributed by atoms with Crippen LogP contribution in [0.5, 0.6) is 0 Å². The number of rotatable bonds is 13. The Morgan fingerprint density at radius 3 is 2.33 bits per heavy atom. The third kappa shape index (κ3) is 12.3. The van der Waals surface area contributed by atoms with Gasteiger partial charge in [-0.2, -0.15) is 0 Å². The Morgan fingerprint density at radius 2 is 1.67 bits per heavy atom. The predicted octanol–water partition coefficient (Wildman–Crippen LogP) is 2.90. The fourth-order valence-corrected chi connectivity index (χ4v) is 1.70. The van der Waals surface area contributed by atoms with Crippen molar-refractivity contribution in [2.75, 3.05) is 39.9 Å². The summed E-state index contributed by atoms with van der Waals surface area (Å²) in [5.41, 5.74) is 0. The van der Waals surface area contributed by atoms with Crippen molar-refractivity contribution in [2.24, 2.45) is 0 Å². The molecule has 0 saturated heterocycles. The molecule has 0 unspecified atom stereocenters. The molecule has 110 valence electrons. The highest BCUT2D eigenvalue weighted by Gasteiger charge is 2.01. The van der Waals surface area contributed by atoms with Gasteiger partial charge in [0.2, 0.25) is 0 Å². The third-order valence-corrected chi connectivity index (χ3v) is 3.28. The average Bonchev–Trinajstić information content (AvgIpc) is 2.35. The monoisotopic (exact) mass is 258 g/mol. The smallest absolute Gasteiger partial charge is 0.0478 e. The van der Waals surface area contributed by atoms with Crippen LogP contribution in [0.25, 0.3) is 0 Å². The molecule has 0 radical (unpaired) electrons. The summed E-state index contributed by atoms with van der Waals surface area (Å²) in [5, 5.41) is 3.46. The van der Waals surface area contributed by atoms with E-state index in [2.05, 4.69) is 38.0 Å². The van der Waals surface area contributed by atoms with Crippen LogP contribution >= 0.6 is 0 Å². The van der Waals surface area contributed by atoms with Crippen molar-refractivity contribution >= 4 is 0 Å². The Kier molecular flexibility index (Phi) is 13.2. The first-order valence-corrected chi connectivity index (χ1v) is 7.67. The number of hydrogen-bond donors (Lipinski definition) is 1.